The average molecular weight is 194 g/mol. The summed E-state index contributed by atoms with van der Waals surface area (Å²) in [4.78, 5) is 22.9. The maximum Gasteiger partial charge on any atom is 0.331 e. The largest absolute Gasteiger partial charge is 0.393 e. The van der Waals surface area contributed by atoms with E-state index in [1.807, 2.05) is 6.07 Å². The fourth-order valence-corrected chi connectivity index (χ4v) is 1.11. The van der Waals surface area contributed by atoms with Crippen molar-refractivity contribution < 1.29 is 0 Å². The van der Waals surface area contributed by atoms with E-state index in [9.17, 15) is 9.59 Å². The molecule has 0 aliphatic rings. The van der Waals surface area contributed by atoms with Crippen LogP contribution in [0.1, 0.15) is 13.0 Å². The van der Waals surface area contributed by atoms with Crippen molar-refractivity contribution in [3.8, 4) is 6.07 Å². The Morgan fingerprint density at radius 3 is 2.64 bits per heavy atom. The van der Waals surface area contributed by atoms with Gasteiger partial charge >= 0.3 is 5.69 Å². The Bertz CT molecular complexity index is 471. The molecule has 1 rings (SSSR count). The smallest absolute Gasteiger partial charge is 0.331 e. The molecule has 0 spiro atoms. The Morgan fingerprint density at radius 2 is 2.14 bits per heavy atom. The maximum absolute atomic E-state index is 11.5. The highest BCUT2D eigenvalue weighted by molar-refractivity contribution is 5.31. The zero-order valence-corrected chi connectivity index (χ0v) is 7.89. The van der Waals surface area contributed by atoms with Crippen molar-refractivity contribution in [3.63, 3.8) is 0 Å². The first-order chi connectivity index (χ1) is 6.49. The van der Waals surface area contributed by atoms with Gasteiger partial charge in [-0.05, 0) is 6.92 Å². The first-order valence-corrected chi connectivity index (χ1v) is 3.96. The Hall–Kier alpha value is -2.03. The molecule has 0 saturated carbocycles. The molecule has 1 heterocycles. The third-order valence-electron chi connectivity index (χ3n) is 1.88. The number of nitrogens with zero attached hydrogens (tertiary/aromatic N) is 3. The summed E-state index contributed by atoms with van der Waals surface area (Å²) < 4.78 is 2.00. The molecule has 0 aromatic carbocycles. The van der Waals surface area contributed by atoms with E-state index in [0.29, 0.717) is 0 Å². The highest BCUT2D eigenvalue weighted by atomic mass is 16.2. The normalized spacial score (nSPS) is 12.1. The van der Waals surface area contributed by atoms with Crippen LogP contribution in [0.2, 0.25) is 0 Å². The van der Waals surface area contributed by atoms with E-state index in [0.717, 1.165) is 4.57 Å². The molecule has 2 N–H and O–H groups in total. The van der Waals surface area contributed by atoms with Crippen molar-refractivity contribution in [3.05, 3.63) is 27.0 Å². The van der Waals surface area contributed by atoms with Crippen LogP contribution >= 0.6 is 0 Å². The second-order valence-corrected chi connectivity index (χ2v) is 2.96. The van der Waals surface area contributed by atoms with Crippen LogP contribution in [0.15, 0.2) is 15.8 Å². The Labute approximate surface area is 79.8 Å². The van der Waals surface area contributed by atoms with Crippen LogP contribution in [0.4, 0.5) is 5.69 Å². The highest BCUT2D eigenvalue weighted by Crippen LogP contribution is 1.96. The van der Waals surface area contributed by atoms with E-state index in [4.69, 9.17) is 11.0 Å². The number of nitrogen functional groups attached to an aromatic ring is 1. The van der Waals surface area contributed by atoms with Gasteiger partial charge < -0.3 is 10.3 Å². The van der Waals surface area contributed by atoms with E-state index in [2.05, 4.69) is 0 Å². The molecule has 0 fully saturated rings. The van der Waals surface area contributed by atoms with Crippen molar-refractivity contribution in [1.82, 2.24) is 9.13 Å². The molecular formula is C8H10N4O2. The molecule has 6 nitrogen and oxygen atoms in total. The van der Waals surface area contributed by atoms with Crippen molar-refractivity contribution in [1.29, 1.82) is 5.26 Å². The van der Waals surface area contributed by atoms with Crippen molar-refractivity contribution in [2.75, 3.05) is 5.73 Å². The first kappa shape index (κ1) is 10.1. The number of nitrogens with two attached hydrogens (primary N) is 1. The van der Waals surface area contributed by atoms with Crippen molar-refractivity contribution >= 4 is 5.69 Å². The second kappa shape index (κ2) is 3.38. The number of rotatable bonds is 1. The molecule has 1 unspecified atom stereocenters. The standard InChI is InChI=1S/C8H10N4O2/c1-5(3-9)12-7(13)6(10)4-11(2)8(12)14/h4-5H,10H2,1-2H3. The molecule has 0 amide bonds. The summed E-state index contributed by atoms with van der Waals surface area (Å²) in [6.07, 6.45) is 1.24. The maximum atomic E-state index is 11.5. The van der Waals surface area contributed by atoms with Gasteiger partial charge in [0.05, 0.1) is 6.07 Å². The van der Waals surface area contributed by atoms with E-state index in [-0.39, 0.29) is 5.69 Å². The quantitative estimate of drug-likeness (QED) is 0.634. The number of nitriles is 1. The monoisotopic (exact) mass is 194 g/mol. The van der Waals surface area contributed by atoms with Crippen molar-refractivity contribution in [2.24, 2.45) is 7.05 Å². The molecule has 1 aromatic heterocycles. The van der Waals surface area contributed by atoms with Gasteiger partial charge in [-0.25, -0.2) is 9.36 Å². The lowest BCUT2D eigenvalue weighted by molar-refractivity contribution is 0.573. The van der Waals surface area contributed by atoms with Crippen LogP contribution in [-0.4, -0.2) is 9.13 Å². The van der Waals surface area contributed by atoms with Gasteiger partial charge in [0.15, 0.2) is 0 Å². The molecule has 0 radical (unpaired) electrons. The Balaban J connectivity index is 3.67. The fraction of sp³-hybridized carbons (Fsp3) is 0.375. The summed E-state index contributed by atoms with van der Waals surface area (Å²) in [6, 6.07) is 0.996. The van der Waals surface area contributed by atoms with E-state index < -0.39 is 17.3 Å². The van der Waals surface area contributed by atoms with Gasteiger partial charge in [-0.1, -0.05) is 0 Å². The summed E-state index contributed by atoms with van der Waals surface area (Å²) in [6.45, 7) is 1.46. The Kier molecular flexibility index (Phi) is 2.42. The van der Waals surface area contributed by atoms with Gasteiger partial charge in [-0.3, -0.25) is 4.79 Å². The lowest BCUT2D eigenvalue weighted by atomic mass is 10.3. The lowest BCUT2D eigenvalue weighted by Gasteiger charge is -2.08. The SMILES string of the molecule is CC(C#N)n1c(=O)c(N)cn(C)c1=O. The molecule has 0 saturated heterocycles. The number of aromatic nitrogens is 2. The third-order valence-corrected chi connectivity index (χ3v) is 1.88. The van der Waals surface area contributed by atoms with Crippen LogP contribution in [0.5, 0.6) is 0 Å². The number of hydrogen-bond donors (Lipinski definition) is 1. The van der Waals surface area contributed by atoms with E-state index in [1.54, 1.807) is 0 Å². The molecule has 0 aliphatic heterocycles. The Morgan fingerprint density at radius 1 is 1.57 bits per heavy atom. The summed E-state index contributed by atoms with van der Waals surface area (Å²) >= 11 is 0. The minimum Gasteiger partial charge on any atom is -0.393 e. The third kappa shape index (κ3) is 1.40. The summed E-state index contributed by atoms with van der Waals surface area (Å²) in [7, 11) is 1.47. The van der Waals surface area contributed by atoms with Gasteiger partial charge in [-0.2, -0.15) is 5.26 Å². The highest BCUT2D eigenvalue weighted by Gasteiger charge is 2.12. The summed E-state index contributed by atoms with van der Waals surface area (Å²) in [5.74, 6) is 0. The van der Waals surface area contributed by atoms with E-state index >= 15 is 0 Å². The predicted molar refractivity (Wildman–Crippen MR) is 50.7 cm³/mol. The van der Waals surface area contributed by atoms with Gasteiger partial charge in [0.1, 0.15) is 11.7 Å². The molecule has 1 aromatic rings. The second-order valence-electron chi connectivity index (χ2n) is 2.96. The van der Waals surface area contributed by atoms with Gasteiger partial charge in [0.25, 0.3) is 5.56 Å². The fourth-order valence-electron chi connectivity index (χ4n) is 1.11. The minimum atomic E-state index is -0.815. The van der Waals surface area contributed by atoms with Gasteiger partial charge in [-0.15, -0.1) is 0 Å². The molecule has 1 atom stereocenters. The lowest BCUT2D eigenvalue weighted by Crippen LogP contribution is -2.41. The minimum absolute atomic E-state index is 0.0470. The average Bonchev–Trinajstić information content (AvgIpc) is 2.15. The number of hydrogen-bond acceptors (Lipinski definition) is 4. The van der Waals surface area contributed by atoms with Gasteiger partial charge in [0, 0.05) is 13.2 Å². The molecule has 0 bridgehead atoms. The van der Waals surface area contributed by atoms with Crippen molar-refractivity contribution in [2.45, 2.75) is 13.0 Å². The summed E-state index contributed by atoms with van der Waals surface area (Å²) in [5, 5.41) is 8.62. The molecular weight excluding hydrogens is 184 g/mol. The van der Waals surface area contributed by atoms with Gasteiger partial charge in [0.2, 0.25) is 0 Å². The van der Waals surface area contributed by atoms with Crippen LogP contribution in [0.25, 0.3) is 0 Å². The summed E-state index contributed by atoms with van der Waals surface area (Å²) in [5.41, 5.74) is 4.17. The molecule has 6 heteroatoms. The van der Waals surface area contributed by atoms with Crippen LogP contribution in [-0.2, 0) is 7.05 Å². The number of anilines is 1. The van der Waals surface area contributed by atoms with Crippen LogP contribution in [0.3, 0.4) is 0 Å². The molecule has 14 heavy (non-hydrogen) atoms. The molecule has 0 aliphatic carbocycles. The topological polar surface area (TPSA) is 93.8 Å². The first-order valence-electron chi connectivity index (χ1n) is 3.96. The van der Waals surface area contributed by atoms with E-state index in [1.165, 1.54) is 24.7 Å². The number of aryl methyl sites for hydroxylation is 1. The van der Waals surface area contributed by atoms with Crippen LogP contribution < -0.4 is 17.0 Å². The molecule has 74 valence electrons. The van der Waals surface area contributed by atoms with Crippen LogP contribution in [0, 0.1) is 11.3 Å². The predicted octanol–water partition coefficient (Wildman–Crippen LogP) is -0.786. The zero-order chi connectivity index (χ0) is 10.9. The zero-order valence-electron chi connectivity index (χ0n) is 7.89.